The molecule has 0 amide bonds. The van der Waals surface area contributed by atoms with Crippen molar-refractivity contribution in [3.63, 3.8) is 0 Å². The van der Waals surface area contributed by atoms with Crippen LogP contribution in [0.1, 0.15) is 82.5 Å². The lowest BCUT2D eigenvalue weighted by molar-refractivity contribution is -0.254. The van der Waals surface area contributed by atoms with Crippen molar-refractivity contribution in [1.29, 1.82) is 0 Å². The molecule has 0 radical (unpaired) electrons. The first-order chi connectivity index (χ1) is 16.8. The number of carbonyl (C=O) groups excluding carboxylic acids is 2. The molecular formula is C30H40O5. The van der Waals surface area contributed by atoms with Crippen LogP contribution in [0.15, 0.2) is 30.3 Å². The fourth-order valence-electron chi connectivity index (χ4n) is 9.43. The van der Waals surface area contributed by atoms with Gasteiger partial charge in [-0.2, -0.15) is 0 Å². The second-order valence-corrected chi connectivity index (χ2v) is 12.5. The number of benzene rings is 1. The average Bonchev–Trinajstić information content (AvgIpc) is 3.15. The van der Waals surface area contributed by atoms with E-state index in [4.69, 9.17) is 14.2 Å². The second kappa shape index (κ2) is 8.41. The Labute approximate surface area is 209 Å². The molecule has 5 fully saturated rings. The van der Waals surface area contributed by atoms with Crippen molar-refractivity contribution < 1.29 is 23.8 Å². The van der Waals surface area contributed by atoms with E-state index in [-0.39, 0.29) is 40.5 Å². The topological polar surface area (TPSA) is 61.8 Å². The Hall–Kier alpha value is -1.72. The zero-order valence-corrected chi connectivity index (χ0v) is 21.5. The highest BCUT2D eigenvalue weighted by Crippen LogP contribution is 2.69. The van der Waals surface area contributed by atoms with Crippen LogP contribution in [-0.2, 0) is 19.0 Å². The predicted octanol–water partition coefficient (Wildman–Crippen LogP) is 5.61. The molecular weight excluding hydrogens is 440 g/mol. The standard InChI is InChI=1S/C30H40O5/c1-19-30(34-16-15-33-19)14-11-24-26-23(10-13-29(24,30)3)28(2)12-9-22(17-21(28)18-25(26)31)35-27(32)20-7-5-4-6-8-20/h4-8,19,21-24,26H,9-18H2,1-3H3/t19?,21-,22+,23+,24+,26-,28+,29+,30+/m1/s1. The van der Waals surface area contributed by atoms with E-state index in [9.17, 15) is 9.59 Å². The minimum Gasteiger partial charge on any atom is -0.459 e. The zero-order valence-electron chi connectivity index (χ0n) is 21.5. The molecule has 5 nitrogen and oxygen atoms in total. The van der Waals surface area contributed by atoms with E-state index in [0.29, 0.717) is 48.7 Å². The number of fused-ring (bicyclic) bond motifs is 6. The molecule has 190 valence electrons. The Kier molecular flexibility index (Phi) is 5.69. The third-order valence-corrected chi connectivity index (χ3v) is 11.4. The lowest BCUT2D eigenvalue weighted by Crippen LogP contribution is -2.63. The molecule has 1 aromatic carbocycles. The molecule has 1 heterocycles. The summed E-state index contributed by atoms with van der Waals surface area (Å²) in [4.78, 5) is 26.5. The van der Waals surface area contributed by atoms with Gasteiger partial charge in [-0.15, -0.1) is 0 Å². The predicted molar refractivity (Wildman–Crippen MR) is 132 cm³/mol. The van der Waals surface area contributed by atoms with E-state index in [1.807, 2.05) is 18.2 Å². The van der Waals surface area contributed by atoms with Crippen LogP contribution in [0.3, 0.4) is 0 Å². The van der Waals surface area contributed by atoms with Gasteiger partial charge < -0.3 is 14.2 Å². The maximum absolute atomic E-state index is 13.8. The average molecular weight is 481 g/mol. The molecule has 0 aromatic heterocycles. The lowest BCUT2D eigenvalue weighted by atomic mass is 9.44. The number of esters is 1. The van der Waals surface area contributed by atoms with Gasteiger partial charge in [0.05, 0.1) is 30.5 Å². The summed E-state index contributed by atoms with van der Waals surface area (Å²) in [6.07, 6.45) is 7.61. The van der Waals surface area contributed by atoms with Gasteiger partial charge in [-0.25, -0.2) is 4.79 Å². The summed E-state index contributed by atoms with van der Waals surface area (Å²) in [5, 5.41) is 0. The monoisotopic (exact) mass is 480 g/mol. The normalized spacial score (nSPS) is 47.0. The van der Waals surface area contributed by atoms with Crippen LogP contribution in [0.4, 0.5) is 0 Å². The van der Waals surface area contributed by atoms with Crippen molar-refractivity contribution in [2.24, 2.45) is 34.5 Å². The summed E-state index contributed by atoms with van der Waals surface area (Å²) in [5.41, 5.74) is 0.490. The molecule has 0 N–H and O–H groups in total. The number of rotatable bonds is 2. The molecule has 1 unspecified atom stereocenters. The molecule has 6 rings (SSSR count). The third kappa shape index (κ3) is 3.40. The van der Waals surface area contributed by atoms with Gasteiger partial charge in [-0.3, -0.25) is 4.79 Å². The van der Waals surface area contributed by atoms with E-state index in [0.717, 1.165) is 44.9 Å². The fraction of sp³-hybridized carbons (Fsp3) is 0.733. The van der Waals surface area contributed by atoms with Crippen LogP contribution < -0.4 is 0 Å². The number of hydrogen-bond donors (Lipinski definition) is 0. The highest BCUT2D eigenvalue weighted by atomic mass is 16.6. The molecule has 1 saturated heterocycles. The van der Waals surface area contributed by atoms with Crippen LogP contribution >= 0.6 is 0 Å². The maximum atomic E-state index is 13.8. The van der Waals surface area contributed by atoms with Crippen molar-refractivity contribution in [2.45, 2.75) is 89.9 Å². The fourth-order valence-corrected chi connectivity index (χ4v) is 9.43. The van der Waals surface area contributed by atoms with E-state index in [1.54, 1.807) is 12.1 Å². The number of hydrogen-bond acceptors (Lipinski definition) is 5. The summed E-state index contributed by atoms with van der Waals surface area (Å²) in [5.74, 6) is 1.44. The molecule has 35 heavy (non-hydrogen) atoms. The molecule has 9 atom stereocenters. The van der Waals surface area contributed by atoms with E-state index < -0.39 is 0 Å². The molecule has 1 aromatic rings. The molecule has 0 bridgehead atoms. The Morgan fingerprint density at radius 3 is 2.54 bits per heavy atom. The highest BCUT2D eigenvalue weighted by molar-refractivity contribution is 5.89. The van der Waals surface area contributed by atoms with Crippen molar-refractivity contribution in [1.82, 2.24) is 0 Å². The van der Waals surface area contributed by atoms with Gasteiger partial charge in [-0.1, -0.05) is 32.0 Å². The van der Waals surface area contributed by atoms with Gasteiger partial charge in [0.25, 0.3) is 0 Å². The van der Waals surface area contributed by atoms with Crippen LogP contribution in [0, 0.1) is 34.5 Å². The molecule has 5 heteroatoms. The zero-order chi connectivity index (χ0) is 24.4. The van der Waals surface area contributed by atoms with Gasteiger partial charge in [0, 0.05) is 17.8 Å². The van der Waals surface area contributed by atoms with E-state index in [1.165, 1.54) is 0 Å². The summed E-state index contributed by atoms with van der Waals surface area (Å²) in [7, 11) is 0. The number of ether oxygens (including phenoxy) is 3. The Morgan fingerprint density at radius 1 is 1.00 bits per heavy atom. The molecule has 1 spiro atoms. The highest BCUT2D eigenvalue weighted by Gasteiger charge is 2.69. The Morgan fingerprint density at radius 2 is 1.77 bits per heavy atom. The van der Waals surface area contributed by atoms with Crippen molar-refractivity contribution in [3.8, 4) is 0 Å². The van der Waals surface area contributed by atoms with Crippen LogP contribution in [0.2, 0.25) is 0 Å². The maximum Gasteiger partial charge on any atom is 0.338 e. The molecule has 5 aliphatic rings. The molecule has 1 aliphatic heterocycles. The number of Topliss-reactive ketones (excluding diaryl/α,β-unsaturated/α-hetero) is 1. The van der Waals surface area contributed by atoms with Gasteiger partial charge in [0.2, 0.25) is 0 Å². The summed E-state index contributed by atoms with van der Waals surface area (Å²) < 4.78 is 18.6. The quantitative estimate of drug-likeness (QED) is 0.515. The summed E-state index contributed by atoms with van der Waals surface area (Å²) in [6, 6.07) is 9.24. The smallest absolute Gasteiger partial charge is 0.338 e. The van der Waals surface area contributed by atoms with E-state index in [2.05, 4.69) is 20.8 Å². The molecule has 4 saturated carbocycles. The van der Waals surface area contributed by atoms with Crippen molar-refractivity contribution >= 4 is 11.8 Å². The third-order valence-electron chi connectivity index (χ3n) is 11.4. The van der Waals surface area contributed by atoms with Crippen molar-refractivity contribution in [2.75, 3.05) is 13.2 Å². The summed E-state index contributed by atoms with van der Waals surface area (Å²) >= 11 is 0. The first kappa shape index (κ1) is 23.7. The largest absolute Gasteiger partial charge is 0.459 e. The second-order valence-electron chi connectivity index (χ2n) is 12.5. The Bertz CT molecular complexity index is 992. The van der Waals surface area contributed by atoms with Crippen LogP contribution in [0.25, 0.3) is 0 Å². The van der Waals surface area contributed by atoms with Gasteiger partial charge in [0.15, 0.2) is 0 Å². The van der Waals surface area contributed by atoms with Crippen molar-refractivity contribution in [3.05, 3.63) is 35.9 Å². The minimum absolute atomic E-state index is 0.00469. The molecule has 4 aliphatic carbocycles. The first-order valence-electron chi connectivity index (χ1n) is 13.8. The lowest BCUT2D eigenvalue weighted by Gasteiger charge is -2.62. The summed E-state index contributed by atoms with van der Waals surface area (Å²) in [6.45, 7) is 8.35. The Balaban J connectivity index is 1.21. The number of carbonyl (C=O) groups is 2. The SMILES string of the molecule is CC1OCCO[C@@]12CC[C@H]1[C@@H]3C(=O)C[C@H]4C[C@@H](OC(=O)c5ccccc5)CC[C@]4(C)[C@H]3CC[C@@]12C. The van der Waals surface area contributed by atoms with Crippen LogP contribution in [-0.4, -0.2) is 42.8 Å². The van der Waals surface area contributed by atoms with Gasteiger partial charge in [0.1, 0.15) is 11.9 Å². The first-order valence-corrected chi connectivity index (χ1v) is 13.8. The van der Waals surface area contributed by atoms with Gasteiger partial charge >= 0.3 is 5.97 Å². The van der Waals surface area contributed by atoms with E-state index >= 15 is 0 Å². The van der Waals surface area contributed by atoms with Crippen LogP contribution in [0.5, 0.6) is 0 Å². The van der Waals surface area contributed by atoms with Gasteiger partial charge in [-0.05, 0) is 87.2 Å². The number of ketones is 1. The minimum atomic E-state index is -0.248.